The monoisotopic (exact) mass is 266 g/mol. The first kappa shape index (κ1) is 12.3. The van der Waals surface area contributed by atoms with Gasteiger partial charge in [-0.15, -0.1) is 0 Å². The Hall–Kier alpha value is -2.75. The van der Waals surface area contributed by atoms with Crippen LogP contribution in [0, 0.1) is 5.82 Å². The van der Waals surface area contributed by atoms with Crippen LogP contribution in [0.4, 0.5) is 4.39 Å². The second-order valence-electron chi connectivity index (χ2n) is 4.33. The second-order valence-corrected chi connectivity index (χ2v) is 4.33. The Morgan fingerprint density at radius 3 is 2.45 bits per heavy atom. The van der Waals surface area contributed by atoms with E-state index >= 15 is 0 Å². The molecule has 0 saturated carbocycles. The van der Waals surface area contributed by atoms with Gasteiger partial charge in [0, 0.05) is 11.1 Å². The topological polar surface area (TPSA) is 41.5 Å². The van der Waals surface area contributed by atoms with Crippen molar-refractivity contribution in [1.82, 2.24) is 5.32 Å². The Balaban J connectivity index is 1.97. The first-order valence-corrected chi connectivity index (χ1v) is 6.16. The number of hydrogen-bond donors (Lipinski definition) is 1. The standard InChI is InChI=1S/C16H11FN2O/c17-13-9-5-4-8-12(13)10-14-16(20)19-15(18-14)11-6-2-1-3-7-11/h1-10H,(H,18,19,20). The summed E-state index contributed by atoms with van der Waals surface area (Å²) in [4.78, 5) is 16.1. The van der Waals surface area contributed by atoms with Crippen LogP contribution in [0.15, 0.2) is 65.3 Å². The van der Waals surface area contributed by atoms with Crippen LogP contribution < -0.4 is 5.32 Å². The number of amides is 1. The van der Waals surface area contributed by atoms with Crippen molar-refractivity contribution in [3.8, 4) is 0 Å². The van der Waals surface area contributed by atoms with Gasteiger partial charge < -0.3 is 5.32 Å². The van der Waals surface area contributed by atoms with Gasteiger partial charge in [-0.05, 0) is 12.1 Å². The van der Waals surface area contributed by atoms with E-state index in [9.17, 15) is 9.18 Å². The van der Waals surface area contributed by atoms with Gasteiger partial charge in [0.15, 0.2) is 0 Å². The molecular formula is C16H11FN2O. The van der Waals surface area contributed by atoms with E-state index in [-0.39, 0.29) is 17.4 Å². The van der Waals surface area contributed by atoms with Crippen LogP contribution in [0.1, 0.15) is 11.1 Å². The fourth-order valence-electron chi connectivity index (χ4n) is 1.94. The van der Waals surface area contributed by atoms with Crippen LogP contribution in [-0.2, 0) is 4.79 Å². The molecule has 0 spiro atoms. The molecule has 0 fully saturated rings. The lowest BCUT2D eigenvalue weighted by molar-refractivity contribution is -0.115. The van der Waals surface area contributed by atoms with Crippen LogP contribution in [0.3, 0.4) is 0 Å². The van der Waals surface area contributed by atoms with Crippen molar-refractivity contribution in [3.63, 3.8) is 0 Å². The lowest BCUT2D eigenvalue weighted by atomic mass is 10.2. The molecule has 0 saturated heterocycles. The zero-order chi connectivity index (χ0) is 13.9. The summed E-state index contributed by atoms with van der Waals surface area (Å²) in [5, 5.41) is 2.68. The highest BCUT2D eigenvalue weighted by Gasteiger charge is 2.21. The number of nitrogens with zero attached hydrogens (tertiary/aromatic N) is 1. The molecule has 1 aliphatic heterocycles. The predicted molar refractivity (Wildman–Crippen MR) is 75.5 cm³/mol. The van der Waals surface area contributed by atoms with Crippen molar-refractivity contribution in [2.75, 3.05) is 0 Å². The van der Waals surface area contributed by atoms with Crippen LogP contribution in [0.25, 0.3) is 6.08 Å². The number of halogens is 1. The van der Waals surface area contributed by atoms with Gasteiger partial charge in [0.2, 0.25) is 0 Å². The van der Waals surface area contributed by atoms with E-state index in [4.69, 9.17) is 0 Å². The normalized spacial score (nSPS) is 16.1. The predicted octanol–water partition coefficient (Wildman–Crippen LogP) is 2.74. The molecule has 0 aromatic heterocycles. The molecule has 98 valence electrons. The molecule has 1 heterocycles. The number of amidine groups is 1. The van der Waals surface area contributed by atoms with Crippen LogP contribution >= 0.6 is 0 Å². The third-order valence-electron chi connectivity index (χ3n) is 2.94. The first-order valence-electron chi connectivity index (χ1n) is 6.16. The molecule has 0 radical (unpaired) electrons. The lowest BCUT2D eigenvalue weighted by Gasteiger charge is -1.98. The molecule has 1 amide bonds. The van der Waals surface area contributed by atoms with Crippen molar-refractivity contribution in [2.45, 2.75) is 0 Å². The number of rotatable bonds is 2. The molecule has 0 aliphatic carbocycles. The van der Waals surface area contributed by atoms with Crippen molar-refractivity contribution < 1.29 is 9.18 Å². The van der Waals surface area contributed by atoms with Crippen LogP contribution in [0.2, 0.25) is 0 Å². The van der Waals surface area contributed by atoms with Gasteiger partial charge in [-0.3, -0.25) is 4.79 Å². The molecule has 0 unspecified atom stereocenters. The number of carbonyl (C=O) groups is 1. The third kappa shape index (κ3) is 2.36. The third-order valence-corrected chi connectivity index (χ3v) is 2.94. The number of carbonyl (C=O) groups excluding carboxylic acids is 1. The molecule has 2 aromatic rings. The molecule has 0 atom stereocenters. The molecule has 1 N–H and O–H groups in total. The van der Waals surface area contributed by atoms with Crippen LogP contribution in [0.5, 0.6) is 0 Å². The van der Waals surface area contributed by atoms with Gasteiger partial charge in [-0.2, -0.15) is 0 Å². The summed E-state index contributed by atoms with van der Waals surface area (Å²) in [6, 6.07) is 15.6. The molecule has 0 bridgehead atoms. The Morgan fingerprint density at radius 2 is 1.70 bits per heavy atom. The van der Waals surface area contributed by atoms with E-state index in [0.717, 1.165) is 5.56 Å². The highest BCUT2D eigenvalue weighted by Crippen LogP contribution is 2.16. The summed E-state index contributed by atoms with van der Waals surface area (Å²) in [5.74, 6) is -0.221. The number of hydrogen-bond acceptors (Lipinski definition) is 2. The van der Waals surface area contributed by atoms with E-state index in [1.165, 1.54) is 12.1 Å². The largest absolute Gasteiger partial charge is 0.305 e. The van der Waals surface area contributed by atoms with Crippen LogP contribution in [-0.4, -0.2) is 11.7 Å². The minimum absolute atomic E-state index is 0.203. The van der Waals surface area contributed by atoms with Gasteiger partial charge >= 0.3 is 0 Å². The Bertz CT molecular complexity index is 720. The van der Waals surface area contributed by atoms with E-state index < -0.39 is 0 Å². The molecule has 2 aromatic carbocycles. The van der Waals surface area contributed by atoms with E-state index in [2.05, 4.69) is 10.3 Å². The minimum atomic E-state index is -0.379. The average molecular weight is 266 g/mol. The minimum Gasteiger partial charge on any atom is -0.305 e. The molecule has 3 rings (SSSR count). The second kappa shape index (κ2) is 5.09. The number of nitrogens with one attached hydrogen (secondary N) is 1. The maximum atomic E-state index is 13.6. The number of benzene rings is 2. The SMILES string of the molecule is O=C1NC(c2ccccc2)=NC1=Cc1ccccc1F. The molecule has 20 heavy (non-hydrogen) atoms. The maximum absolute atomic E-state index is 13.6. The highest BCUT2D eigenvalue weighted by molar-refractivity contribution is 6.19. The van der Waals surface area contributed by atoms with Gasteiger partial charge in [0.25, 0.3) is 5.91 Å². The molecule has 4 heteroatoms. The zero-order valence-electron chi connectivity index (χ0n) is 10.5. The van der Waals surface area contributed by atoms with E-state index in [0.29, 0.717) is 11.4 Å². The smallest absolute Gasteiger partial charge is 0.275 e. The highest BCUT2D eigenvalue weighted by atomic mass is 19.1. The fourth-order valence-corrected chi connectivity index (χ4v) is 1.94. The lowest BCUT2D eigenvalue weighted by Crippen LogP contribution is -2.24. The Morgan fingerprint density at radius 1 is 1.00 bits per heavy atom. The number of aliphatic imine (C=N–C) groups is 1. The summed E-state index contributed by atoms with van der Waals surface area (Å²) in [6.45, 7) is 0. The first-order chi connectivity index (χ1) is 9.74. The summed E-state index contributed by atoms with van der Waals surface area (Å²) >= 11 is 0. The summed E-state index contributed by atoms with van der Waals surface area (Å²) in [5.41, 5.74) is 1.36. The van der Waals surface area contributed by atoms with Crippen molar-refractivity contribution in [3.05, 3.63) is 77.2 Å². The summed E-state index contributed by atoms with van der Waals surface area (Å²) in [7, 11) is 0. The van der Waals surface area contributed by atoms with Gasteiger partial charge in [0.05, 0.1) is 0 Å². The summed E-state index contributed by atoms with van der Waals surface area (Å²) < 4.78 is 13.6. The van der Waals surface area contributed by atoms with Gasteiger partial charge in [-0.25, -0.2) is 9.38 Å². The zero-order valence-corrected chi connectivity index (χ0v) is 10.5. The maximum Gasteiger partial charge on any atom is 0.275 e. The molecule has 3 nitrogen and oxygen atoms in total. The quantitative estimate of drug-likeness (QED) is 0.834. The van der Waals surface area contributed by atoms with Crippen molar-refractivity contribution in [2.24, 2.45) is 4.99 Å². The Labute approximate surface area is 115 Å². The summed E-state index contributed by atoms with van der Waals surface area (Å²) in [6.07, 6.45) is 1.45. The van der Waals surface area contributed by atoms with Gasteiger partial charge in [-0.1, -0.05) is 48.5 Å². The molecule has 1 aliphatic rings. The van der Waals surface area contributed by atoms with Crippen molar-refractivity contribution in [1.29, 1.82) is 0 Å². The fraction of sp³-hybridized carbons (Fsp3) is 0. The van der Waals surface area contributed by atoms with Gasteiger partial charge in [0.1, 0.15) is 17.3 Å². The van der Waals surface area contributed by atoms with Crippen molar-refractivity contribution >= 4 is 17.8 Å². The Kier molecular flexibility index (Phi) is 3.13. The van der Waals surface area contributed by atoms with E-state index in [1.54, 1.807) is 18.2 Å². The average Bonchev–Trinajstić information content (AvgIpc) is 2.84. The molecular weight excluding hydrogens is 255 g/mol. The van der Waals surface area contributed by atoms with E-state index in [1.807, 2.05) is 30.3 Å².